The summed E-state index contributed by atoms with van der Waals surface area (Å²) in [5, 5.41) is 11.0. The van der Waals surface area contributed by atoms with E-state index in [1.807, 2.05) is 6.26 Å². The molecule has 4 N–H and O–H groups in total. The van der Waals surface area contributed by atoms with Crippen LogP contribution in [0.2, 0.25) is 0 Å². The van der Waals surface area contributed by atoms with E-state index >= 15 is 0 Å². The molecule has 0 aromatic rings. The number of rotatable bonds is 8. The first-order chi connectivity index (χ1) is 7.07. The van der Waals surface area contributed by atoms with Crippen LogP contribution in [0.4, 0.5) is 0 Å². The number of carbonyl (C=O) groups excluding carboxylic acids is 1. The lowest BCUT2D eigenvalue weighted by molar-refractivity contribution is -0.139. The maximum Gasteiger partial charge on any atom is 0.305 e. The molecule has 0 aliphatic heterocycles. The van der Waals surface area contributed by atoms with Crippen molar-refractivity contribution < 1.29 is 14.7 Å². The summed E-state index contributed by atoms with van der Waals surface area (Å²) in [6.45, 7) is 0.562. The molecule has 0 saturated carbocycles. The second kappa shape index (κ2) is 8.55. The van der Waals surface area contributed by atoms with Crippen LogP contribution in [-0.4, -0.2) is 41.6 Å². The molecule has 6 heteroatoms. The van der Waals surface area contributed by atoms with E-state index in [2.05, 4.69) is 5.32 Å². The highest BCUT2D eigenvalue weighted by Gasteiger charge is 2.15. The first kappa shape index (κ1) is 14.2. The molecule has 88 valence electrons. The fourth-order valence-electron chi connectivity index (χ4n) is 0.995. The van der Waals surface area contributed by atoms with Gasteiger partial charge in [-0.15, -0.1) is 0 Å². The van der Waals surface area contributed by atoms with Crippen LogP contribution in [0.25, 0.3) is 0 Å². The average molecular weight is 234 g/mol. The number of carboxylic acid groups (broad SMARTS) is 1. The molecule has 0 rings (SSSR count). The maximum absolute atomic E-state index is 11.2. The molecule has 0 aliphatic carbocycles. The monoisotopic (exact) mass is 234 g/mol. The maximum atomic E-state index is 11.2. The van der Waals surface area contributed by atoms with Crippen molar-refractivity contribution in [1.82, 2.24) is 5.32 Å². The van der Waals surface area contributed by atoms with Crippen LogP contribution in [0.1, 0.15) is 19.3 Å². The van der Waals surface area contributed by atoms with Crippen molar-refractivity contribution in [2.45, 2.75) is 25.3 Å². The molecule has 5 nitrogen and oxygen atoms in total. The topological polar surface area (TPSA) is 92.4 Å². The van der Waals surface area contributed by atoms with Crippen molar-refractivity contribution in [1.29, 1.82) is 0 Å². The average Bonchev–Trinajstić information content (AvgIpc) is 2.16. The number of aliphatic carboxylic acids is 1. The van der Waals surface area contributed by atoms with Crippen LogP contribution in [0.15, 0.2) is 0 Å². The zero-order chi connectivity index (χ0) is 11.7. The second-order valence-corrected chi connectivity index (χ2v) is 4.18. The molecule has 0 aromatic carbocycles. The first-order valence-corrected chi connectivity index (χ1v) is 6.21. The van der Waals surface area contributed by atoms with Crippen LogP contribution in [0, 0.1) is 0 Å². The van der Waals surface area contributed by atoms with E-state index in [0.717, 1.165) is 18.6 Å². The number of unbranched alkanes of at least 4 members (excludes halogenated alkanes) is 1. The van der Waals surface area contributed by atoms with Gasteiger partial charge in [0.1, 0.15) is 0 Å². The smallest absolute Gasteiger partial charge is 0.305 e. The minimum absolute atomic E-state index is 0.323. The van der Waals surface area contributed by atoms with Crippen LogP contribution in [0.5, 0.6) is 0 Å². The van der Waals surface area contributed by atoms with Gasteiger partial charge in [-0.1, -0.05) is 0 Å². The summed E-state index contributed by atoms with van der Waals surface area (Å²) in [4.78, 5) is 21.5. The van der Waals surface area contributed by atoms with E-state index in [0.29, 0.717) is 6.54 Å². The minimum atomic E-state index is -1.06. The Morgan fingerprint density at radius 2 is 2.13 bits per heavy atom. The van der Waals surface area contributed by atoms with Gasteiger partial charge in [0.25, 0.3) is 0 Å². The number of hydrogen-bond acceptors (Lipinski definition) is 4. The van der Waals surface area contributed by atoms with E-state index in [4.69, 9.17) is 10.8 Å². The minimum Gasteiger partial charge on any atom is -0.481 e. The van der Waals surface area contributed by atoms with Gasteiger partial charge in [-0.05, 0) is 24.9 Å². The van der Waals surface area contributed by atoms with Crippen molar-refractivity contribution in [2.24, 2.45) is 5.73 Å². The molecule has 1 unspecified atom stereocenters. The normalized spacial score (nSPS) is 12.1. The highest BCUT2D eigenvalue weighted by Crippen LogP contribution is 1.98. The lowest BCUT2D eigenvalue weighted by Crippen LogP contribution is -2.42. The predicted molar refractivity (Wildman–Crippen MR) is 60.9 cm³/mol. The highest BCUT2D eigenvalue weighted by molar-refractivity contribution is 7.98. The number of carboxylic acids is 1. The van der Waals surface area contributed by atoms with E-state index in [1.54, 1.807) is 11.8 Å². The fraction of sp³-hybridized carbons (Fsp3) is 0.778. The Balaban J connectivity index is 3.51. The summed E-state index contributed by atoms with van der Waals surface area (Å²) >= 11 is 1.76. The van der Waals surface area contributed by atoms with Crippen LogP contribution < -0.4 is 11.1 Å². The van der Waals surface area contributed by atoms with Gasteiger partial charge in [-0.25, -0.2) is 0 Å². The summed E-state index contributed by atoms with van der Waals surface area (Å²) in [6.07, 6.45) is 3.64. The van der Waals surface area contributed by atoms with Crippen LogP contribution in [0.3, 0.4) is 0 Å². The molecule has 0 heterocycles. The van der Waals surface area contributed by atoms with Crippen molar-refractivity contribution in [3.05, 3.63) is 0 Å². The van der Waals surface area contributed by atoms with Gasteiger partial charge < -0.3 is 16.2 Å². The quantitative estimate of drug-likeness (QED) is 0.516. The van der Waals surface area contributed by atoms with Crippen LogP contribution in [-0.2, 0) is 9.59 Å². The lowest BCUT2D eigenvalue weighted by Gasteiger charge is -2.09. The molecule has 0 radical (unpaired) electrons. The zero-order valence-corrected chi connectivity index (χ0v) is 9.68. The fourth-order valence-corrected chi connectivity index (χ4v) is 1.49. The Bertz CT molecular complexity index is 212. The van der Waals surface area contributed by atoms with Gasteiger partial charge in [-0.2, -0.15) is 11.8 Å². The third kappa shape index (κ3) is 8.26. The third-order valence-electron chi connectivity index (χ3n) is 1.81. The highest BCUT2D eigenvalue weighted by atomic mass is 32.2. The lowest BCUT2D eigenvalue weighted by atomic mass is 10.2. The van der Waals surface area contributed by atoms with Crippen LogP contribution >= 0.6 is 11.8 Å². The van der Waals surface area contributed by atoms with E-state index in [-0.39, 0.29) is 12.3 Å². The summed E-state index contributed by atoms with van der Waals surface area (Å²) in [5.41, 5.74) is 5.36. The molecule has 0 fully saturated rings. The summed E-state index contributed by atoms with van der Waals surface area (Å²) in [7, 11) is 0. The number of nitrogens with two attached hydrogens (primary N) is 1. The Morgan fingerprint density at radius 1 is 1.47 bits per heavy atom. The Labute approximate surface area is 93.8 Å². The molecule has 1 amide bonds. The van der Waals surface area contributed by atoms with Gasteiger partial charge >= 0.3 is 5.97 Å². The molecule has 0 bridgehead atoms. The molecule has 0 aromatic heterocycles. The SMILES string of the molecule is CSCCCCNC(=O)C(N)CC(=O)O. The molecule has 0 saturated heterocycles. The molecular formula is C9H18N2O3S. The largest absolute Gasteiger partial charge is 0.481 e. The number of amides is 1. The van der Waals surface area contributed by atoms with E-state index in [9.17, 15) is 9.59 Å². The molecule has 0 aliphatic rings. The standard InChI is InChI=1S/C9H18N2O3S/c1-15-5-3-2-4-11-9(14)7(10)6-8(12)13/h7H,2-6,10H2,1H3,(H,11,14)(H,12,13). The van der Waals surface area contributed by atoms with Crippen molar-refractivity contribution in [3.63, 3.8) is 0 Å². The number of nitrogens with one attached hydrogen (secondary N) is 1. The second-order valence-electron chi connectivity index (χ2n) is 3.20. The summed E-state index contributed by atoms with van der Waals surface area (Å²) in [6, 6.07) is -0.942. The number of thioether (sulfide) groups is 1. The predicted octanol–water partition coefficient (Wildman–Crippen LogP) is 0.0478. The summed E-state index contributed by atoms with van der Waals surface area (Å²) in [5.74, 6) is -0.376. The van der Waals surface area contributed by atoms with Gasteiger partial charge in [0.05, 0.1) is 12.5 Å². The van der Waals surface area contributed by atoms with Gasteiger partial charge in [0, 0.05) is 6.54 Å². The van der Waals surface area contributed by atoms with E-state index in [1.165, 1.54) is 0 Å². The first-order valence-electron chi connectivity index (χ1n) is 4.82. The van der Waals surface area contributed by atoms with Gasteiger partial charge in [0.2, 0.25) is 5.91 Å². The van der Waals surface area contributed by atoms with Gasteiger partial charge in [-0.3, -0.25) is 9.59 Å². The molecular weight excluding hydrogens is 216 g/mol. The molecule has 15 heavy (non-hydrogen) atoms. The summed E-state index contributed by atoms with van der Waals surface area (Å²) < 4.78 is 0. The number of carbonyl (C=O) groups is 2. The molecule has 1 atom stereocenters. The molecule has 0 spiro atoms. The Morgan fingerprint density at radius 3 is 2.67 bits per heavy atom. The Hall–Kier alpha value is -0.750. The van der Waals surface area contributed by atoms with Crippen molar-refractivity contribution in [2.75, 3.05) is 18.6 Å². The van der Waals surface area contributed by atoms with E-state index < -0.39 is 12.0 Å². The van der Waals surface area contributed by atoms with Crippen molar-refractivity contribution >= 4 is 23.6 Å². The van der Waals surface area contributed by atoms with Gasteiger partial charge in [0.15, 0.2) is 0 Å². The Kier molecular flexibility index (Phi) is 8.12. The van der Waals surface area contributed by atoms with Crippen molar-refractivity contribution in [3.8, 4) is 0 Å². The zero-order valence-electron chi connectivity index (χ0n) is 8.86. The third-order valence-corrected chi connectivity index (χ3v) is 2.50. The number of hydrogen-bond donors (Lipinski definition) is 3.